The van der Waals surface area contributed by atoms with E-state index in [1.807, 2.05) is 12.1 Å². The van der Waals surface area contributed by atoms with Crippen molar-refractivity contribution >= 4 is 47.4 Å². The van der Waals surface area contributed by atoms with Crippen LogP contribution in [0.5, 0.6) is 0 Å². The van der Waals surface area contributed by atoms with Crippen molar-refractivity contribution in [1.82, 2.24) is 0 Å². The Balaban J connectivity index is 2.65. The van der Waals surface area contributed by atoms with E-state index in [-0.39, 0.29) is 0 Å². The molecule has 0 aliphatic carbocycles. The van der Waals surface area contributed by atoms with E-state index in [1.165, 1.54) is 0 Å². The number of hydrogen-bond acceptors (Lipinski definition) is 1. The lowest BCUT2D eigenvalue weighted by Gasteiger charge is -2.20. The van der Waals surface area contributed by atoms with E-state index >= 15 is 0 Å². The summed E-state index contributed by atoms with van der Waals surface area (Å²) in [5.41, 5.74) is 1.02. The number of halogens is 3. The maximum atomic E-state index is 5.90. The molecule has 0 aliphatic rings. The molecule has 0 spiro atoms. The lowest BCUT2D eigenvalue weighted by Crippen LogP contribution is -2.32. The molecule has 0 unspecified atom stereocenters. The van der Waals surface area contributed by atoms with Gasteiger partial charge in [0.05, 0.1) is 6.61 Å². The molecule has 0 amide bonds. The van der Waals surface area contributed by atoms with Gasteiger partial charge in [0.1, 0.15) is 0 Å². The molecule has 1 nitrogen and oxygen atoms in total. The average Bonchev–Trinajstić information content (AvgIpc) is 2.14. The first kappa shape index (κ1) is 13.5. The van der Waals surface area contributed by atoms with Crippen molar-refractivity contribution < 1.29 is 4.43 Å². The number of alkyl halides is 1. The Morgan fingerprint density at radius 2 is 1.73 bits per heavy atom. The molecule has 0 saturated heterocycles. The Bertz CT molecular complexity index is 324. The van der Waals surface area contributed by atoms with Crippen LogP contribution < -0.4 is 0 Å². The van der Waals surface area contributed by atoms with Crippen LogP contribution >= 0.6 is 39.1 Å². The van der Waals surface area contributed by atoms with Gasteiger partial charge in [-0.25, -0.2) is 0 Å². The highest BCUT2D eigenvalue weighted by Crippen LogP contribution is 2.20. The molecule has 5 heteroatoms. The Morgan fingerprint density at radius 1 is 1.20 bits per heavy atom. The van der Waals surface area contributed by atoms with Crippen molar-refractivity contribution in [3.05, 3.63) is 33.8 Å². The monoisotopic (exact) mass is 326 g/mol. The second-order valence-corrected chi connectivity index (χ2v) is 10.6. The van der Waals surface area contributed by atoms with Crippen LogP contribution in [0.1, 0.15) is 5.56 Å². The number of rotatable bonds is 4. The van der Waals surface area contributed by atoms with Crippen LogP contribution in [0.3, 0.4) is 0 Å². The molecule has 0 fully saturated rings. The van der Waals surface area contributed by atoms with Gasteiger partial charge in [0, 0.05) is 15.0 Å². The molecule has 0 aliphatic heterocycles. The van der Waals surface area contributed by atoms with Crippen molar-refractivity contribution in [3.63, 3.8) is 0 Å². The summed E-state index contributed by atoms with van der Waals surface area (Å²) in [5.74, 6) is 0. The van der Waals surface area contributed by atoms with Crippen molar-refractivity contribution in [1.29, 1.82) is 0 Å². The number of hydrogen-bond donors (Lipinski definition) is 0. The van der Waals surface area contributed by atoms with E-state index in [1.54, 1.807) is 6.07 Å². The van der Waals surface area contributed by atoms with Crippen molar-refractivity contribution in [2.24, 2.45) is 0 Å². The molecule has 1 aromatic carbocycles. The molecule has 0 heterocycles. The minimum Gasteiger partial charge on any atom is -0.412 e. The molecule has 0 saturated carbocycles. The van der Waals surface area contributed by atoms with Crippen LogP contribution in [0.2, 0.25) is 23.1 Å². The van der Waals surface area contributed by atoms with Crippen LogP contribution in [0.4, 0.5) is 0 Å². The average molecular weight is 328 g/mol. The summed E-state index contributed by atoms with van der Waals surface area (Å²) in [4.78, 5) is 0.925. The molecule has 15 heavy (non-hydrogen) atoms. The van der Waals surface area contributed by atoms with Crippen LogP contribution in [0.25, 0.3) is 0 Å². The minimum atomic E-state index is -1.56. The Morgan fingerprint density at radius 3 is 2.20 bits per heavy atom. The van der Waals surface area contributed by atoms with Crippen molar-refractivity contribution in [3.8, 4) is 0 Å². The standard InChI is InChI=1S/C10H13BrCl2OSi/c1-15(2,7-11)14-6-8-3-9(12)5-10(13)4-8/h3-5H,6-7H2,1-2H3. The fourth-order valence-corrected chi connectivity index (χ4v) is 2.70. The summed E-state index contributed by atoms with van der Waals surface area (Å²) in [7, 11) is -1.56. The second-order valence-electron chi connectivity index (χ2n) is 3.96. The Kier molecular flexibility index (Phi) is 5.13. The van der Waals surface area contributed by atoms with Gasteiger partial charge in [-0.2, -0.15) is 0 Å². The van der Waals surface area contributed by atoms with Gasteiger partial charge in [0.15, 0.2) is 8.32 Å². The maximum Gasteiger partial charge on any atom is 0.197 e. The molecule has 0 atom stereocenters. The third-order valence-electron chi connectivity index (χ3n) is 1.87. The summed E-state index contributed by atoms with van der Waals surface area (Å²) >= 11 is 15.3. The highest BCUT2D eigenvalue weighted by molar-refractivity contribution is 9.09. The topological polar surface area (TPSA) is 9.23 Å². The van der Waals surface area contributed by atoms with Crippen molar-refractivity contribution in [2.45, 2.75) is 19.7 Å². The first-order valence-electron chi connectivity index (χ1n) is 4.58. The summed E-state index contributed by atoms with van der Waals surface area (Å²) in [6.45, 7) is 4.90. The number of benzene rings is 1. The van der Waals surface area contributed by atoms with Gasteiger partial charge in [0.2, 0.25) is 0 Å². The van der Waals surface area contributed by atoms with Gasteiger partial charge in [-0.05, 0) is 36.9 Å². The zero-order valence-electron chi connectivity index (χ0n) is 8.69. The summed E-state index contributed by atoms with van der Waals surface area (Å²) in [6, 6.07) is 5.48. The Hall–Kier alpha value is 0.457. The SMILES string of the molecule is C[Si](C)(CBr)OCc1cc(Cl)cc(Cl)c1. The highest BCUT2D eigenvalue weighted by atomic mass is 79.9. The minimum absolute atomic E-state index is 0.575. The Labute approximate surface area is 110 Å². The third kappa shape index (κ3) is 4.87. The van der Waals surface area contributed by atoms with E-state index in [9.17, 15) is 0 Å². The molecule has 0 bridgehead atoms. The summed E-state index contributed by atoms with van der Waals surface area (Å²) < 4.78 is 5.85. The summed E-state index contributed by atoms with van der Waals surface area (Å²) in [5, 5.41) is 1.30. The van der Waals surface area contributed by atoms with E-state index < -0.39 is 8.32 Å². The van der Waals surface area contributed by atoms with E-state index in [2.05, 4.69) is 29.0 Å². The quantitative estimate of drug-likeness (QED) is 0.577. The van der Waals surface area contributed by atoms with Crippen LogP contribution in [0, 0.1) is 0 Å². The molecule has 0 radical (unpaired) electrons. The molecular formula is C10H13BrCl2OSi. The van der Waals surface area contributed by atoms with E-state index in [0.29, 0.717) is 16.7 Å². The van der Waals surface area contributed by atoms with Crippen LogP contribution in [-0.2, 0) is 11.0 Å². The fourth-order valence-electron chi connectivity index (χ4n) is 1.01. The smallest absolute Gasteiger partial charge is 0.197 e. The summed E-state index contributed by atoms with van der Waals surface area (Å²) in [6.07, 6.45) is 0. The van der Waals surface area contributed by atoms with Gasteiger partial charge in [-0.3, -0.25) is 0 Å². The fraction of sp³-hybridized carbons (Fsp3) is 0.400. The molecule has 1 rings (SSSR count). The van der Waals surface area contributed by atoms with Gasteiger partial charge < -0.3 is 4.43 Å². The highest BCUT2D eigenvalue weighted by Gasteiger charge is 2.20. The first-order chi connectivity index (χ1) is 6.93. The molecule has 0 N–H and O–H groups in total. The largest absolute Gasteiger partial charge is 0.412 e. The predicted octanol–water partition coefficient (Wildman–Crippen LogP) is 4.65. The first-order valence-corrected chi connectivity index (χ1v) is 9.57. The van der Waals surface area contributed by atoms with Crippen LogP contribution in [0.15, 0.2) is 18.2 Å². The maximum absolute atomic E-state index is 5.90. The zero-order valence-corrected chi connectivity index (χ0v) is 12.8. The van der Waals surface area contributed by atoms with Gasteiger partial charge in [-0.15, -0.1) is 0 Å². The van der Waals surface area contributed by atoms with Gasteiger partial charge in [-0.1, -0.05) is 39.1 Å². The van der Waals surface area contributed by atoms with E-state index in [4.69, 9.17) is 27.6 Å². The molecule has 1 aromatic rings. The lowest BCUT2D eigenvalue weighted by molar-refractivity contribution is 0.299. The second kappa shape index (κ2) is 5.69. The van der Waals surface area contributed by atoms with Gasteiger partial charge in [0.25, 0.3) is 0 Å². The van der Waals surface area contributed by atoms with E-state index in [0.717, 1.165) is 10.5 Å². The zero-order chi connectivity index (χ0) is 11.5. The third-order valence-corrected chi connectivity index (χ3v) is 7.93. The molecular weight excluding hydrogens is 315 g/mol. The predicted molar refractivity (Wildman–Crippen MR) is 72.5 cm³/mol. The van der Waals surface area contributed by atoms with Crippen molar-refractivity contribution in [2.75, 3.05) is 4.95 Å². The lowest BCUT2D eigenvalue weighted by atomic mass is 10.2. The normalized spacial score (nSPS) is 11.8. The molecule has 0 aromatic heterocycles. The van der Waals surface area contributed by atoms with Gasteiger partial charge >= 0.3 is 0 Å². The van der Waals surface area contributed by atoms with Crippen LogP contribution in [-0.4, -0.2) is 13.3 Å². The molecule has 84 valence electrons.